The lowest BCUT2D eigenvalue weighted by atomic mass is 10.2. The first-order valence-electron chi connectivity index (χ1n) is 7.27. The Morgan fingerprint density at radius 2 is 1.58 bits per heavy atom. The molecule has 3 rings (SSSR count). The van der Waals surface area contributed by atoms with Gasteiger partial charge in [0.25, 0.3) is 0 Å². The van der Waals surface area contributed by atoms with Gasteiger partial charge in [-0.05, 0) is 18.2 Å². The Balaban J connectivity index is 1.86. The molecule has 0 atom stereocenters. The molecule has 0 spiro atoms. The molecule has 134 valence electrons. The summed E-state index contributed by atoms with van der Waals surface area (Å²) in [5.74, 6) is 0.486. The predicted octanol–water partition coefficient (Wildman–Crippen LogP) is 4.61. The molecule has 0 amide bonds. The van der Waals surface area contributed by atoms with E-state index in [4.69, 9.17) is 17.3 Å². The zero-order chi connectivity index (χ0) is 18.7. The van der Waals surface area contributed by atoms with E-state index in [9.17, 15) is 13.2 Å². The summed E-state index contributed by atoms with van der Waals surface area (Å²) in [5.41, 5.74) is 6.00. The minimum Gasteiger partial charge on any atom is -0.393 e. The number of nitrogens with two attached hydrogens (primary N) is 1. The molecule has 0 aliphatic carbocycles. The van der Waals surface area contributed by atoms with Crippen LogP contribution in [0.1, 0.15) is 5.56 Å². The Morgan fingerprint density at radius 3 is 2.19 bits per heavy atom. The summed E-state index contributed by atoms with van der Waals surface area (Å²) in [6.45, 7) is 0. The van der Waals surface area contributed by atoms with Crippen LogP contribution in [0.3, 0.4) is 0 Å². The number of nitrogens with zero attached hydrogens (tertiary/aromatic N) is 3. The molecule has 0 saturated heterocycles. The lowest BCUT2D eigenvalue weighted by Gasteiger charge is -2.13. The van der Waals surface area contributed by atoms with Gasteiger partial charge >= 0.3 is 6.18 Å². The molecule has 0 fully saturated rings. The first-order valence-corrected chi connectivity index (χ1v) is 7.64. The first kappa shape index (κ1) is 17.7. The second kappa shape index (κ2) is 7.04. The fraction of sp³-hybridized carbons (Fsp3) is 0.0625. The Morgan fingerprint density at radius 1 is 0.923 bits per heavy atom. The average molecular weight is 381 g/mol. The molecule has 6 nitrogen and oxygen atoms in total. The van der Waals surface area contributed by atoms with Crippen LogP contribution in [0.4, 0.5) is 42.0 Å². The van der Waals surface area contributed by atoms with Gasteiger partial charge in [0, 0.05) is 11.9 Å². The zero-order valence-corrected chi connectivity index (χ0v) is 13.8. The Labute approximate surface area is 151 Å². The summed E-state index contributed by atoms with van der Waals surface area (Å²) in [6, 6.07) is 9.96. The summed E-state index contributed by atoms with van der Waals surface area (Å²) in [7, 11) is 0. The van der Waals surface area contributed by atoms with E-state index in [1.54, 1.807) is 0 Å². The van der Waals surface area contributed by atoms with E-state index in [-0.39, 0.29) is 22.3 Å². The van der Waals surface area contributed by atoms with E-state index >= 15 is 0 Å². The van der Waals surface area contributed by atoms with Gasteiger partial charge in [0.15, 0.2) is 11.6 Å². The van der Waals surface area contributed by atoms with Crippen molar-refractivity contribution < 1.29 is 13.2 Å². The summed E-state index contributed by atoms with van der Waals surface area (Å²) in [4.78, 5) is 11.7. The standard InChI is InChI=1S/C16H12ClF3N6/c17-11-6-9(16(18,19)20)7-22-13(11)26-15-12(21)14(23-8-24-15)25-10-4-2-1-3-5-10/h1-8H,21H2,(H2,22,23,24,25,26). The number of para-hydroxylation sites is 1. The number of anilines is 5. The van der Waals surface area contributed by atoms with Crippen LogP contribution in [0.15, 0.2) is 48.9 Å². The van der Waals surface area contributed by atoms with Crippen LogP contribution >= 0.6 is 11.6 Å². The van der Waals surface area contributed by atoms with Gasteiger partial charge < -0.3 is 16.4 Å². The van der Waals surface area contributed by atoms with Crippen molar-refractivity contribution in [2.75, 3.05) is 16.4 Å². The predicted molar refractivity (Wildman–Crippen MR) is 93.7 cm³/mol. The van der Waals surface area contributed by atoms with Gasteiger partial charge in [-0.25, -0.2) is 15.0 Å². The number of nitrogens with one attached hydrogen (secondary N) is 2. The van der Waals surface area contributed by atoms with Crippen LogP contribution < -0.4 is 16.4 Å². The average Bonchev–Trinajstić information content (AvgIpc) is 2.60. The second-order valence-corrected chi connectivity index (χ2v) is 5.56. The van der Waals surface area contributed by atoms with Gasteiger partial charge in [-0.3, -0.25) is 0 Å². The van der Waals surface area contributed by atoms with Crippen LogP contribution in [0, 0.1) is 0 Å². The summed E-state index contributed by atoms with van der Waals surface area (Å²) < 4.78 is 38.0. The second-order valence-electron chi connectivity index (χ2n) is 5.15. The van der Waals surface area contributed by atoms with Crippen LogP contribution in [0.5, 0.6) is 0 Å². The number of hydrogen-bond acceptors (Lipinski definition) is 6. The van der Waals surface area contributed by atoms with Crippen LogP contribution in [0.25, 0.3) is 0 Å². The molecule has 26 heavy (non-hydrogen) atoms. The maximum Gasteiger partial charge on any atom is 0.417 e. The van der Waals surface area contributed by atoms with Gasteiger partial charge in [0.1, 0.15) is 17.8 Å². The van der Waals surface area contributed by atoms with E-state index in [1.807, 2.05) is 30.3 Å². The molecule has 0 radical (unpaired) electrons. The SMILES string of the molecule is Nc1c(Nc2ccccc2)ncnc1Nc1ncc(C(F)(F)F)cc1Cl. The smallest absolute Gasteiger partial charge is 0.393 e. The minimum absolute atomic E-state index is 0.00396. The van der Waals surface area contributed by atoms with Crippen molar-refractivity contribution >= 4 is 40.4 Å². The number of nitrogen functional groups attached to an aromatic ring is 1. The van der Waals surface area contributed by atoms with Gasteiger partial charge in [-0.1, -0.05) is 29.8 Å². The Hall–Kier alpha value is -3.07. The van der Waals surface area contributed by atoms with Crippen molar-refractivity contribution in [2.45, 2.75) is 6.18 Å². The Bertz CT molecular complexity index is 918. The molecule has 0 unspecified atom stereocenters. The fourth-order valence-electron chi connectivity index (χ4n) is 2.05. The van der Waals surface area contributed by atoms with E-state index < -0.39 is 11.7 Å². The third-order valence-electron chi connectivity index (χ3n) is 3.33. The summed E-state index contributed by atoms with van der Waals surface area (Å²) in [6.07, 6.45) is -2.60. The van der Waals surface area contributed by atoms with Crippen molar-refractivity contribution in [3.63, 3.8) is 0 Å². The quantitative estimate of drug-likeness (QED) is 0.612. The van der Waals surface area contributed by atoms with E-state index in [0.29, 0.717) is 12.0 Å². The highest BCUT2D eigenvalue weighted by atomic mass is 35.5. The highest BCUT2D eigenvalue weighted by Gasteiger charge is 2.31. The first-order chi connectivity index (χ1) is 12.3. The number of benzene rings is 1. The monoisotopic (exact) mass is 380 g/mol. The number of halogens is 4. The van der Waals surface area contributed by atoms with E-state index in [0.717, 1.165) is 11.8 Å². The van der Waals surface area contributed by atoms with Crippen molar-refractivity contribution in [1.82, 2.24) is 15.0 Å². The van der Waals surface area contributed by atoms with Gasteiger partial charge in [-0.15, -0.1) is 0 Å². The summed E-state index contributed by atoms with van der Waals surface area (Å²) in [5, 5.41) is 5.53. The normalized spacial score (nSPS) is 11.2. The molecule has 4 N–H and O–H groups in total. The van der Waals surface area contributed by atoms with Gasteiger partial charge in [0.05, 0.1) is 10.6 Å². The van der Waals surface area contributed by atoms with Crippen LogP contribution in [0.2, 0.25) is 5.02 Å². The minimum atomic E-state index is -4.53. The molecule has 0 aliphatic rings. The molecule has 3 aromatic rings. The third kappa shape index (κ3) is 3.94. The molecule has 0 bridgehead atoms. The van der Waals surface area contributed by atoms with E-state index in [2.05, 4.69) is 25.6 Å². The van der Waals surface area contributed by atoms with Gasteiger partial charge in [-0.2, -0.15) is 13.2 Å². The van der Waals surface area contributed by atoms with E-state index in [1.165, 1.54) is 6.33 Å². The summed E-state index contributed by atoms with van der Waals surface area (Å²) >= 11 is 5.88. The van der Waals surface area contributed by atoms with Crippen molar-refractivity contribution in [1.29, 1.82) is 0 Å². The van der Waals surface area contributed by atoms with Crippen molar-refractivity contribution in [3.8, 4) is 0 Å². The lowest BCUT2D eigenvalue weighted by molar-refractivity contribution is -0.137. The number of pyridine rings is 1. The molecule has 0 aliphatic heterocycles. The Kier molecular flexibility index (Phi) is 4.81. The highest BCUT2D eigenvalue weighted by molar-refractivity contribution is 6.33. The molecule has 0 saturated carbocycles. The van der Waals surface area contributed by atoms with Gasteiger partial charge in [0.2, 0.25) is 0 Å². The molecule has 2 heterocycles. The third-order valence-corrected chi connectivity index (χ3v) is 3.61. The number of alkyl halides is 3. The molecular formula is C16H12ClF3N6. The lowest BCUT2D eigenvalue weighted by Crippen LogP contribution is -2.08. The van der Waals surface area contributed by atoms with Crippen molar-refractivity contribution in [3.05, 3.63) is 59.5 Å². The maximum atomic E-state index is 12.7. The molecule has 1 aromatic carbocycles. The zero-order valence-electron chi connectivity index (χ0n) is 13.0. The largest absolute Gasteiger partial charge is 0.417 e. The maximum absolute atomic E-state index is 12.7. The van der Waals surface area contributed by atoms with Crippen LogP contribution in [-0.4, -0.2) is 15.0 Å². The highest BCUT2D eigenvalue weighted by Crippen LogP contribution is 2.34. The van der Waals surface area contributed by atoms with Crippen LogP contribution in [-0.2, 0) is 6.18 Å². The molecule has 10 heteroatoms. The number of aromatic nitrogens is 3. The molecular weight excluding hydrogens is 369 g/mol. The topological polar surface area (TPSA) is 88.8 Å². The number of rotatable bonds is 4. The molecule has 2 aromatic heterocycles. The van der Waals surface area contributed by atoms with Crippen molar-refractivity contribution in [2.24, 2.45) is 0 Å². The fourth-order valence-corrected chi connectivity index (χ4v) is 2.26. The number of hydrogen-bond donors (Lipinski definition) is 3.